The fourth-order valence-electron chi connectivity index (χ4n) is 4.54. The summed E-state index contributed by atoms with van der Waals surface area (Å²) in [7, 11) is 2.11. The highest BCUT2D eigenvalue weighted by Crippen LogP contribution is 2.51. The lowest BCUT2D eigenvalue weighted by Crippen LogP contribution is -2.40. The number of hydrogen-bond donors (Lipinski definition) is 1. The van der Waals surface area contributed by atoms with Gasteiger partial charge in [-0.1, -0.05) is 63.2 Å². The standard InChI is InChI=1S/C24H27N3/c1-24(2,3)18-10-11-21-19(13-18)23-20(12-16(14-25)15-27(23)4)22(26-21)17-8-6-5-7-9-17/h5-11,13,15,20,22-23,26H,12H2,1-4H3. The Morgan fingerprint density at radius 2 is 1.85 bits per heavy atom. The Morgan fingerprint density at radius 1 is 1.11 bits per heavy atom. The average molecular weight is 358 g/mol. The highest BCUT2D eigenvalue weighted by Gasteiger charge is 2.42. The minimum absolute atomic E-state index is 0.113. The molecule has 3 atom stereocenters. The summed E-state index contributed by atoms with van der Waals surface area (Å²) in [6.07, 6.45) is 2.83. The number of nitrogens with one attached hydrogen (secondary N) is 1. The van der Waals surface area contributed by atoms with Crippen molar-refractivity contribution in [3.8, 4) is 6.07 Å². The van der Waals surface area contributed by atoms with E-state index in [0.717, 1.165) is 12.0 Å². The smallest absolute Gasteiger partial charge is 0.0962 e. The maximum atomic E-state index is 9.54. The van der Waals surface area contributed by atoms with E-state index in [9.17, 15) is 5.26 Å². The predicted molar refractivity (Wildman–Crippen MR) is 110 cm³/mol. The fourth-order valence-corrected chi connectivity index (χ4v) is 4.54. The van der Waals surface area contributed by atoms with Crippen LogP contribution in [-0.4, -0.2) is 11.9 Å². The number of fused-ring (bicyclic) bond motifs is 3. The second-order valence-corrected chi connectivity index (χ2v) is 8.83. The first-order valence-corrected chi connectivity index (χ1v) is 9.67. The van der Waals surface area contributed by atoms with E-state index in [1.165, 1.54) is 22.4 Å². The first kappa shape index (κ1) is 17.7. The summed E-state index contributed by atoms with van der Waals surface area (Å²) in [5.74, 6) is 0.319. The van der Waals surface area contributed by atoms with Gasteiger partial charge in [-0.15, -0.1) is 0 Å². The maximum Gasteiger partial charge on any atom is 0.0962 e. The highest BCUT2D eigenvalue weighted by atomic mass is 15.2. The quantitative estimate of drug-likeness (QED) is 0.727. The summed E-state index contributed by atoms with van der Waals surface area (Å²) in [5.41, 5.74) is 6.15. The van der Waals surface area contributed by atoms with E-state index in [1.807, 2.05) is 6.20 Å². The van der Waals surface area contributed by atoms with E-state index in [1.54, 1.807) is 0 Å². The molecule has 0 spiro atoms. The molecule has 3 heteroatoms. The lowest BCUT2D eigenvalue weighted by Gasteiger charge is -2.47. The third kappa shape index (κ3) is 3.10. The Kier molecular flexibility index (Phi) is 4.23. The second kappa shape index (κ2) is 6.46. The highest BCUT2D eigenvalue weighted by molar-refractivity contribution is 5.60. The van der Waals surface area contributed by atoms with Gasteiger partial charge in [0.05, 0.1) is 18.2 Å². The lowest BCUT2D eigenvalue weighted by molar-refractivity contribution is 0.188. The van der Waals surface area contributed by atoms with Gasteiger partial charge >= 0.3 is 0 Å². The first-order valence-electron chi connectivity index (χ1n) is 9.67. The molecule has 0 bridgehead atoms. The molecule has 0 aromatic heterocycles. The van der Waals surface area contributed by atoms with Crippen LogP contribution in [0.15, 0.2) is 60.3 Å². The van der Waals surface area contributed by atoms with Gasteiger partial charge in [0.25, 0.3) is 0 Å². The van der Waals surface area contributed by atoms with Crippen molar-refractivity contribution < 1.29 is 0 Å². The van der Waals surface area contributed by atoms with Gasteiger partial charge < -0.3 is 10.2 Å². The minimum atomic E-state index is 0.113. The number of allylic oxidation sites excluding steroid dienone is 1. The van der Waals surface area contributed by atoms with Crippen LogP contribution >= 0.6 is 0 Å². The normalized spacial score (nSPS) is 24.2. The summed E-state index contributed by atoms with van der Waals surface area (Å²) in [6, 6.07) is 20.3. The van der Waals surface area contributed by atoms with Crippen molar-refractivity contribution in [2.75, 3.05) is 12.4 Å². The molecular formula is C24H27N3. The van der Waals surface area contributed by atoms with Gasteiger partial charge in [0.15, 0.2) is 0 Å². The summed E-state index contributed by atoms with van der Waals surface area (Å²) < 4.78 is 0. The van der Waals surface area contributed by atoms with Crippen molar-refractivity contribution in [3.05, 3.63) is 77.0 Å². The molecule has 2 aliphatic heterocycles. The molecule has 0 saturated carbocycles. The van der Waals surface area contributed by atoms with Crippen LogP contribution in [0.3, 0.4) is 0 Å². The zero-order chi connectivity index (χ0) is 19.2. The largest absolute Gasteiger partial charge is 0.378 e. The van der Waals surface area contributed by atoms with Crippen molar-refractivity contribution >= 4 is 5.69 Å². The molecule has 138 valence electrons. The Morgan fingerprint density at radius 3 is 2.52 bits per heavy atom. The second-order valence-electron chi connectivity index (χ2n) is 8.83. The molecule has 4 rings (SSSR count). The van der Waals surface area contributed by atoms with Crippen molar-refractivity contribution in [1.82, 2.24) is 4.90 Å². The van der Waals surface area contributed by atoms with Gasteiger partial charge in [0.2, 0.25) is 0 Å². The average Bonchev–Trinajstić information content (AvgIpc) is 2.66. The predicted octanol–water partition coefficient (Wildman–Crippen LogP) is 5.55. The molecule has 3 unspecified atom stereocenters. The van der Waals surface area contributed by atoms with Crippen LogP contribution in [0.5, 0.6) is 0 Å². The molecule has 2 heterocycles. The van der Waals surface area contributed by atoms with Crippen LogP contribution in [0.25, 0.3) is 0 Å². The summed E-state index contributed by atoms with van der Waals surface area (Å²) in [4.78, 5) is 2.24. The molecule has 3 nitrogen and oxygen atoms in total. The fraction of sp³-hybridized carbons (Fsp3) is 0.375. The topological polar surface area (TPSA) is 39.1 Å². The zero-order valence-corrected chi connectivity index (χ0v) is 16.5. The monoisotopic (exact) mass is 357 g/mol. The molecule has 0 aliphatic carbocycles. The van der Waals surface area contributed by atoms with Crippen LogP contribution in [0.2, 0.25) is 0 Å². The number of rotatable bonds is 1. The van der Waals surface area contributed by atoms with Crippen molar-refractivity contribution in [2.24, 2.45) is 5.92 Å². The molecule has 2 aromatic carbocycles. The molecule has 0 radical (unpaired) electrons. The molecule has 1 N–H and O–H groups in total. The third-order valence-electron chi connectivity index (χ3n) is 5.94. The third-order valence-corrected chi connectivity index (χ3v) is 5.94. The van der Waals surface area contributed by atoms with Crippen LogP contribution in [0.4, 0.5) is 5.69 Å². The lowest BCUT2D eigenvalue weighted by atomic mass is 9.73. The van der Waals surface area contributed by atoms with Gasteiger partial charge in [-0.3, -0.25) is 0 Å². The van der Waals surface area contributed by atoms with Crippen molar-refractivity contribution in [3.63, 3.8) is 0 Å². The molecule has 2 aromatic rings. The van der Waals surface area contributed by atoms with E-state index in [4.69, 9.17) is 0 Å². The number of hydrogen-bond acceptors (Lipinski definition) is 3. The van der Waals surface area contributed by atoms with E-state index in [2.05, 4.69) is 92.6 Å². The van der Waals surface area contributed by atoms with Crippen LogP contribution in [0, 0.1) is 17.2 Å². The van der Waals surface area contributed by atoms with E-state index in [0.29, 0.717) is 5.92 Å². The Labute approximate surface area is 162 Å². The molecule has 27 heavy (non-hydrogen) atoms. The number of nitriles is 1. The van der Waals surface area contributed by atoms with Crippen LogP contribution in [0.1, 0.15) is 56.0 Å². The van der Waals surface area contributed by atoms with Gasteiger partial charge in [0, 0.05) is 30.4 Å². The van der Waals surface area contributed by atoms with E-state index in [-0.39, 0.29) is 17.5 Å². The van der Waals surface area contributed by atoms with Crippen LogP contribution < -0.4 is 5.32 Å². The summed E-state index contributed by atoms with van der Waals surface area (Å²) >= 11 is 0. The van der Waals surface area contributed by atoms with Gasteiger partial charge in [-0.25, -0.2) is 0 Å². The van der Waals surface area contributed by atoms with Crippen molar-refractivity contribution in [2.45, 2.75) is 44.7 Å². The van der Waals surface area contributed by atoms with E-state index < -0.39 is 0 Å². The van der Waals surface area contributed by atoms with Crippen LogP contribution in [-0.2, 0) is 5.41 Å². The SMILES string of the molecule is CN1C=C(C#N)CC2C(c3ccccc3)Nc3ccc(C(C)(C)C)cc3C21. The molecule has 0 amide bonds. The van der Waals surface area contributed by atoms with Gasteiger partial charge in [-0.2, -0.15) is 5.26 Å². The van der Waals surface area contributed by atoms with E-state index >= 15 is 0 Å². The Balaban J connectivity index is 1.86. The number of nitrogens with zero attached hydrogens (tertiary/aromatic N) is 2. The zero-order valence-electron chi connectivity index (χ0n) is 16.5. The number of benzene rings is 2. The number of anilines is 1. The molecule has 0 saturated heterocycles. The molecule has 0 fully saturated rings. The minimum Gasteiger partial charge on any atom is -0.378 e. The van der Waals surface area contributed by atoms with Gasteiger partial charge in [0.1, 0.15) is 0 Å². The van der Waals surface area contributed by atoms with Crippen molar-refractivity contribution in [1.29, 1.82) is 5.26 Å². The summed E-state index contributed by atoms with van der Waals surface area (Å²) in [5, 5.41) is 13.3. The molecule has 2 aliphatic rings. The Bertz CT molecular complexity index is 915. The Hall–Kier alpha value is -2.73. The van der Waals surface area contributed by atoms with Gasteiger partial charge in [-0.05, 0) is 34.6 Å². The first-order chi connectivity index (χ1) is 12.9. The summed E-state index contributed by atoms with van der Waals surface area (Å²) in [6.45, 7) is 6.77. The maximum absolute atomic E-state index is 9.54. The molecular weight excluding hydrogens is 330 g/mol.